The largest absolute Gasteiger partial charge is 0.463 e. The summed E-state index contributed by atoms with van der Waals surface area (Å²) in [4.78, 5) is 57.3. The molecule has 0 spiro atoms. The van der Waals surface area contributed by atoms with Gasteiger partial charge >= 0.3 is 43.7 Å². The fraction of sp³-hybridized carbons (Fsp3) is 0.906. The third-order valence-electron chi connectivity index (χ3n) is 21.8. The minimum absolute atomic E-state index is 0.00243. The Morgan fingerprint density at radius 2 is 0.727 bits per heavy atom. The van der Waals surface area contributed by atoms with Gasteiger partial charge in [-0.25, -0.2) is 24.4 Å². The number of hydrogen-bond donors (Lipinski definition) is 1. The first-order chi connectivity index (χ1) is 58.2. The molecule has 0 aromatic carbocycles. The number of rotatable bonds is 73. The number of nitriles is 1. The summed E-state index contributed by atoms with van der Waals surface area (Å²) < 4.78 is 138. The van der Waals surface area contributed by atoms with E-state index in [0.29, 0.717) is 97.0 Å². The molecule has 3 aliphatic rings. The van der Waals surface area contributed by atoms with Crippen molar-refractivity contribution in [2.24, 2.45) is 52.8 Å². The van der Waals surface area contributed by atoms with Crippen molar-refractivity contribution < 1.29 is 121 Å². The van der Waals surface area contributed by atoms with Crippen LogP contribution in [0.2, 0.25) is 0 Å². The number of hydrogen-bond acceptors (Lipinski definition) is 28. The molecule has 0 bridgehead atoms. The van der Waals surface area contributed by atoms with E-state index in [9.17, 15) is 24.4 Å². The second kappa shape index (κ2) is 68.8. The molecule has 3 saturated heterocycles. The van der Waals surface area contributed by atoms with Crippen molar-refractivity contribution in [1.82, 2.24) is 9.99 Å². The molecule has 121 heavy (non-hydrogen) atoms. The molecule has 0 saturated carbocycles. The van der Waals surface area contributed by atoms with E-state index in [4.69, 9.17) is 122 Å². The summed E-state index contributed by atoms with van der Waals surface area (Å²) in [5.41, 5.74) is -0.726. The molecule has 0 aliphatic carbocycles. The summed E-state index contributed by atoms with van der Waals surface area (Å²) in [6.45, 7) is 59.7. The van der Waals surface area contributed by atoms with Crippen molar-refractivity contribution in [2.45, 2.75) is 288 Å². The van der Waals surface area contributed by atoms with Gasteiger partial charge in [0.1, 0.15) is 39.6 Å². The smallest absolute Gasteiger partial charge is 0.332 e. The van der Waals surface area contributed by atoms with Crippen molar-refractivity contribution in [3.05, 3.63) is 34.3 Å². The Morgan fingerprint density at radius 3 is 1.07 bits per heavy atom. The fourth-order valence-corrected chi connectivity index (χ4v) is 18.6. The van der Waals surface area contributed by atoms with Crippen LogP contribution in [0, 0.1) is 83.8 Å². The molecule has 0 radical (unpaired) electrons. The van der Waals surface area contributed by atoms with Crippen LogP contribution in [0.25, 0.3) is 14.5 Å². The third kappa shape index (κ3) is 49.2. The highest BCUT2D eigenvalue weighted by Crippen LogP contribution is 2.49. The van der Waals surface area contributed by atoms with Crippen molar-refractivity contribution in [3.63, 3.8) is 0 Å². The van der Waals surface area contributed by atoms with E-state index in [-0.39, 0.29) is 208 Å². The molecular weight excluding hydrogens is 1640 g/mol. The van der Waals surface area contributed by atoms with Gasteiger partial charge in [-0.1, -0.05) is 107 Å². The van der Waals surface area contributed by atoms with Crippen LogP contribution in [-0.2, 0) is 121 Å². The van der Waals surface area contributed by atoms with Gasteiger partial charge in [0, 0.05) is 90.1 Å². The maximum atomic E-state index is 12.2. The van der Waals surface area contributed by atoms with Gasteiger partial charge < -0.3 is 122 Å². The Balaban J connectivity index is 1.73. The first-order valence-corrected chi connectivity index (χ1v) is 48.6. The van der Waals surface area contributed by atoms with E-state index in [0.717, 1.165) is 89.9 Å². The molecule has 1 N–H and O–H groups in total. The molecule has 3 rings (SSSR count). The van der Waals surface area contributed by atoms with Gasteiger partial charge in [-0.2, -0.15) is 5.26 Å². The number of ether oxygens (including phenoxy) is 11. The number of unbranched alkanes of at least 4 members (excludes halogenated alkanes) is 11. The minimum Gasteiger partial charge on any atom is -0.463 e. The highest BCUT2D eigenvalue weighted by molar-refractivity contribution is 7.44. The molecule has 36 heteroatoms. The average Bonchev–Trinajstić information content (AvgIpc) is 1.49. The number of nitrogens with zero attached hydrogens (tertiary/aromatic N) is 5. The van der Waals surface area contributed by atoms with Crippen molar-refractivity contribution in [3.8, 4) is 6.07 Å². The lowest BCUT2D eigenvalue weighted by Crippen LogP contribution is -2.58. The Labute approximate surface area is 730 Å². The van der Waals surface area contributed by atoms with E-state index < -0.39 is 52.0 Å². The third-order valence-corrected chi connectivity index (χ3v) is 27.4. The van der Waals surface area contributed by atoms with Crippen molar-refractivity contribution >= 4 is 58.1 Å². The van der Waals surface area contributed by atoms with Crippen LogP contribution in [-0.4, -0.2) is 242 Å². The lowest BCUT2D eigenvalue weighted by molar-refractivity contribution is -0.255. The quantitative estimate of drug-likeness (QED) is 0.0194. The Kier molecular flexibility index (Phi) is 63.7. The summed E-state index contributed by atoms with van der Waals surface area (Å²) in [5, 5.41) is 12.6. The maximum Gasteiger partial charge on any atom is 0.332 e. The monoisotopic (exact) mass is 1800 g/mol. The number of amides is 1. The van der Waals surface area contributed by atoms with Gasteiger partial charge in [0.15, 0.2) is 18.9 Å². The normalized spacial score (nSPS) is 24.6. The van der Waals surface area contributed by atoms with E-state index >= 15 is 0 Å². The van der Waals surface area contributed by atoms with E-state index in [2.05, 4.69) is 99.8 Å². The standard InChI is InChI=1S/C85H152N6O26P4/c1-64(2)91(65(3)4)118(104-52-35-39-86)114-63-85(38-27-26-34-51-108-119(111-55-40-87-17)105-48-31-23-20-28-45-98-82-72(11)66(5)68(7)78(115-82)58-101-75(14)93,61-96-43-36-53-109-120(112-56-41-88-18)106-49-32-24-21-29-46-99-83-73(12)67(6)69(8)79(116-83)59-102-76(15)94)62-97-44-37-54-110-121(113-57-42-89-19)107-50-33-25-22-30-47-100-84-81(90-74(13)92)71(10)70(9)80(117-84)60-103-77(16)95/h64-73,78-84H,20-38,40-63H2,1-16H3,(H,90,92)/t66-,67-,68+,69+,70+,71-,72?,73?,78?,79?,80?,81?,82+,83+,84+,85?,118?,119?,120?,121?/m0/s1. The predicted molar refractivity (Wildman–Crippen MR) is 462 cm³/mol. The summed E-state index contributed by atoms with van der Waals surface area (Å²) in [5.74, 6) is 0.248. The van der Waals surface area contributed by atoms with Gasteiger partial charge in [-0.3, -0.25) is 19.2 Å². The van der Waals surface area contributed by atoms with Crippen LogP contribution in [0.5, 0.6) is 0 Å². The molecule has 0 aromatic heterocycles. The zero-order valence-corrected chi connectivity index (χ0v) is 79.4. The molecule has 32 nitrogen and oxygen atoms in total. The Hall–Kier alpha value is -3.24. The lowest BCUT2D eigenvalue weighted by Gasteiger charge is -2.44. The number of nitrogens with one attached hydrogen (secondary N) is 1. The number of carbonyl (C=O) groups is 4. The van der Waals surface area contributed by atoms with Gasteiger partial charge in [0.25, 0.3) is 8.53 Å². The first kappa shape index (κ1) is 112. The molecule has 11 unspecified atom stereocenters. The van der Waals surface area contributed by atoms with E-state index in [1.54, 1.807) is 0 Å². The number of esters is 3. The molecule has 698 valence electrons. The van der Waals surface area contributed by atoms with Crippen LogP contribution in [0.4, 0.5) is 0 Å². The summed E-state index contributed by atoms with van der Waals surface area (Å²) in [7, 11) is -6.91. The predicted octanol–water partition coefficient (Wildman–Crippen LogP) is 17.4. The lowest BCUT2D eigenvalue weighted by atomic mass is 9.79. The summed E-state index contributed by atoms with van der Waals surface area (Å²) in [6.07, 6.45) is 11.7. The zero-order chi connectivity index (χ0) is 89.0. The molecule has 0 aromatic rings. The van der Waals surface area contributed by atoms with Crippen LogP contribution in [0.3, 0.4) is 0 Å². The van der Waals surface area contributed by atoms with Crippen molar-refractivity contribution in [2.75, 3.05) is 158 Å². The van der Waals surface area contributed by atoms with Gasteiger partial charge in [-0.15, -0.1) is 0 Å². The van der Waals surface area contributed by atoms with Crippen LogP contribution in [0.1, 0.15) is 233 Å². The Bertz CT molecular complexity index is 2780. The molecule has 3 heterocycles. The van der Waals surface area contributed by atoms with Crippen LogP contribution < -0.4 is 5.32 Å². The van der Waals surface area contributed by atoms with Crippen LogP contribution >= 0.6 is 34.3 Å². The maximum absolute atomic E-state index is 12.2. The molecule has 1 amide bonds. The Morgan fingerprint density at radius 1 is 0.397 bits per heavy atom. The van der Waals surface area contributed by atoms with E-state index in [1.807, 2.05) is 13.8 Å². The highest BCUT2D eigenvalue weighted by atomic mass is 31.2. The summed E-state index contributed by atoms with van der Waals surface area (Å²) >= 11 is 0. The highest BCUT2D eigenvalue weighted by Gasteiger charge is 2.45. The SMILES string of the molecule is [C-]#[N+]CCOP(OCCCCCCO[C@@H]1OC(COC(C)=O)[C@H](C)[C@H](C)C1C)OCCCCCC(COCCCOP(OCCCCCCO[C@@H]1OC(COC(C)=O)[C@H](C)[C@H](C)C1C)OCC[N+]#[C-])(COCCCOP(OCCCCCCO[C@@H]1OC(COC(C)=O)[C@H](C)[C@H](C)C1NC(C)=O)OCC[N+]#[C-])COP(OCCC#N)N(C(C)C)C(C)C. The second-order valence-electron chi connectivity index (χ2n) is 32.2. The second-order valence-corrected chi connectivity index (χ2v) is 37.4. The average molecular weight is 1800 g/mol. The molecule has 20 atom stereocenters. The fourth-order valence-electron chi connectivity index (χ4n) is 13.8. The minimum atomic E-state index is -1.78. The van der Waals surface area contributed by atoms with Gasteiger partial charge in [0.05, 0.1) is 103 Å². The van der Waals surface area contributed by atoms with Gasteiger partial charge in [-0.05, 0) is 127 Å². The topological polar surface area (TPSA) is 323 Å². The van der Waals surface area contributed by atoms with Crippen molar-refractivity contribution in [1.29, 1.82) is 5.26 Å². The van der Waals surface area contributed by atoms with Gasteiger partial charge in [0.2, 0.25) is 25.5 Å². The first-order valence-electron chi connectivity index (χ1n) is 44.1. The molecular formula is C85H152N6O26P4. The van der Waals surface area contributed by atoms with E-state index in [1.165, 1.54) is 27.7 Å². The molecule has 3 aliphatic heterocycles. The zero-order valence-electron chi connectivity index (χ0n) is 75.9. The van der Waals surface area contributed by atoms with Crippen LogP contribution in [0.15, 0.2) is 0 Å². The summed E-state index contributed by atoms with van der Waals surface area (Å²) in [6, 6.07) is 1.93. The number of carbonyl (C=O) groups excluding carboxylic acids is 4. The molecule has 3 fully saturated rings.